The van der Waals surface area contributed by atoms with Crippen LogP contribution in [0.5, 0.6) is 0 Å². The molecule has 9 nitrogen and oxygen atoms in total. The Morgan fingerprint density at radius 3 is 2.66 bits per heavy atom. The molecule has 6 rings (SSSR count). The van der Waals surface area contributed by atoms with Gasteiger partial charge in [-0.1, -0.05) is 43.2 Å². The molecule has 0 bridgehead atoms. The van der Waals surface area contributed by atoms with E-state index < -0.39 is 23.5 Å². The second-order valence-corrected chi connectivity index (χ2v) is 11.6. The molecule has 0 spiro atoms. The lowest BCUT2D eigenvalue weighted by molar-refractivity contribution is -0.145. The second kappa shape index (κ2) is 9.75. The number of likely N-dealkylation sites (tertiary alicyclic amines) is 1. The van der Waals surface area contributed by atoms with Gasteiger partial charge in [-0.25, -0.2) is 9.59 Å². The van der Waals surface area contributed by atoms with E-state index in [-0.39, 0.29) is 29.7 Å². The number of hydrogen-bond donors (Lipinski definition) is 2. The summed E-state index contributed by atoms with van der Waals surface area (Å²) in [5.74, 6) is -1.95. The van der Waals surface area contributed by atoms with Crippen LogP contribution < -0.4 is 10.2 Å². The maximum atomic E-state index is 13.8. The Morgan fingerprint density at radius 2 is 1.82 bits per heavy atom. The Labute approximate surface area is 222 Å². The van der Waals surface area contributed by atoms with Crippen molar-refractivity contribution in [2.45, 2.75) is 62.9 Å². The fourth-order valence-corrected chi connectivity index (χ4v) is 7.05. The van der Waals surface area contributed by atoms with Crippen LogP contribution in [0.15, 0.2) is 36.4 Å². The molecule has 9 heteroatoms. The zero-order chi connectivity index (χ0) is 26.4. The molecule has 3 fully saturated rings. The summed E-state index contributed by atoms with van der Waals surface area (Å²) in [5, 5.41) is 12.9. The summed E-state index contributed by atoms with van der Waals surface area (Å²) in [4.78, 5) is 58.2. The average molecular weight is 521 g/mol. The van der Waals surface area contributed by atoms with E-state index >= 15 is 0 Å². The fourth-order valence-electron chi connectivity index (χ4n) is 7.05. The molecule has 202 valence electrons. The van der Waals surface area contributed by atoms with Gasteiger partial charge in [-0.2, -0.15) is 0 Å². The highest BCUT2D eigenvalue weighted by molar-refractivity contribution is 5.96. The van der Waals surface area contributed by atoms with Crippen LogP contribution in [0, 0.1) is 17.8 Å². The topological polar surface area (TPSA) is 110 Å². The van der Waals surface area contributed by atoms with Crippen molar-refractivity contribution >= 4 is 29.5 Å². The minimum Gasteiger partial charge on any atom is -0.479 e. The molecule has 1 aromatic rings. The minimum atomic E-state index is -1.31. The van der Waals surface area contributed by atoms with Crippen LogP contribution >= 0.6 is 0 Å². The standard InChI is InChI=1S/C29H36N4O5/c34-24-12-6-4-2-1-3-5-10-21-15-29(21,27(36)37)30-26(35)25-22-18-31(16-20(22)17-33(24)25)28(38)32-14-13-19-9-7-8-11-23(19)32/h5,7-11,20-22,25H,1-4,6,12-18H2,(H,30,35)(H,36,37)/b10-5-/t20-,21?,22-,25-,29+/m0/s1. The summed E-state index contributed by atoms with van der Waals surface area (Å²) in [7, 11) is 0. The molecule has 1 aromatic carbocycles. The van der Waals surface area contributed by atoms with Gasteiger partial charge in [0, 0.05) is 56.0 Å². The number of aliphatic carboxylic acids is 1. The quantitative estimate of drug-likeness (QED) is 0.554. The van der Waals surface area contributed by atoms with Gasteiger partial charge in [0.1, 0.15) is 11.6 Å². The maximum Gasteiger partial charge on any atom is 0.330 e. The number of anilines is 1. The van der Waals surface area contributed by atoms with Gasteiger partial charge in [0.05, 0.1) is 0 Å². The van der Waals surface area contributed by atoms with Crippen molar-refractivity contribution in [1.82, 2.24) is 15.1 Å². The van der Waals surface area contributed by atoms with E-state index in [4.69, 9.17) is 0 Å². The van der Waals surface area contributed by atoms with Crippen LogP contribution in [0.1, 0.15) is 50.5 Å². The van der Waals surface area contributed by atoms with Gasteiger partial charge in [-0.15, -0.1) is 0 Å². The lowest BCUT2D eigenvalue weighted by atomic mass is 9.93. The van der Waals surface area contributed by atoms with Crippen molar-refractivity contribution < 1.29 is 24.3 Å². The molecule has 5 aliphatic rings. The Hall–Kier alpha value is -3.36. The first-order valence-corrected chi connectivity index (χ1v) is 14.0. The molecular formula is C29H36N4O5. The third-order valence-corrected chi connectivity index (χ3v) is 9.26. The number of para-hydroxylation sites is 1. The van der Waals surface area contributed by atoms with Crippen molar-refractivity contribution in [3.8, 4) is 0 Å². The molecule has 1 aliphatic carbocycles. The summed E-state index contributed by atoms with van der Waals surface area (Å²) >= 11 is 0. The summed E-state index contributed by atoms with van der Waals surface area (Å²) in [6.45, 7) is 1.93. The van der Waals surface area contributed by atoms with Crippen molar-refractivity contribution in [2.24, 2.45) is 17.8 Å². The molecule has 0 radical (unpaired) electrons. The smallest absolute Gasteiger partial charge is 0.330 e. The largest absolute Gasteiger partial charge is 0.479 e. The van der Waals surface area contributed by atoms with Gasteiger partial charge in [-0.05, 0) is 43.7 Å². The van der Waals surface area contributed by atoms with E-state index in [1.54, 1.807) is 4.90 Å². The van der Waals surface area contributed by atoms with Crippen LogP contribution in [0.25, 0.3) is 0 Å². The van der Waals surface area contributed by atoms with Gasteiger partial charge in [0.25, 0.3) is 0 Å². The van der Waals surface area contributed by atoms with Crippen LogP contribution in [0.4, 0.5) is 10.5 Å². The number of hydrogen-bond acceptors (Lipinski definition) is 4. The number of carboxylic acids is 1. The van der Waals surface area contributed by atoms with Crippen molar-refractivity contribution in [2.75, 3.05) is 31.1 Å². The molecule has 2 saturated heterocycles. The number of allylic oxidation sites excluding steroid dienone is 1. The van der Waals surface area contributed by atoms with Crippen molar-refractivity contribution in [3.63, 3.8) is 0 Å². The van der Waals surface area contributed by atoms with Crippen LogP contribution in [0.2, 0.25) is 0 Å². The van der Waals surface area contributed by atoms with Gasteiger partial charge in [-0.3, -0.25) is 14.5 Å². The SMILES string of the molecule is O=C1N[C@]2(C(=O)O)CC2/C=C\CCCCCCC(=O)N2C[C@@H]3CN(C(=O)N4CCc5ccccc54)C[C@@H]3[C@@H]12. The Bertz CT molecular complexity index is 1180. The van der Waals surface area contributed by atoms with E-state index in [0.29, 0.717) is 39.0 Å². The fraction of sp³-hybridized carbons (Fsp3) is 0.586. The number of rotatable bonds is 1. The van der Waals surface area contributed by atoms with E-state index in [1.807, 2.05) is 46.2 Å². The van der Waals surface area contributed by atoms with E-state index in [2.05, 4.69) is 5.32 Å². The summed E-state index contributed by atoms with van der Waals surface area (Å²) in [6, 6.07) is 7.11. The molecule has 38 heavy (non-hydrogen) atoms. The van der Waals surface area contributed by atoms with Crippen molar-refractivity contribution in [3.05, 3.63) is 42.0 Å². The lowest BCUT2D eigenvalue weighted by Crippen LogP contribution is -2.55. The number of urea groups is 1. The van der Waals surface area contributed by atoms with Crippen LogP contribution in [0.3, 0.4) is 0 Å². The third-order valence-electron chi connectivity index (χ3n) is 9.26. The Balaban J connectivity index is 1.23. The second-order valence-electron chi connectivity index (χ2n) is 11.6. The number of amides is 4. The van der Waals surface area contributed by atoms with Crippen LogP contribution in [-0.2, 0) is 20.8 Å². The number of carbonyl (C=O) groups is 4. The van der Waals surface area contributed by atoms with Gasteiger partial charge in [0.2, 0.25) is 11.8 Å². The Kier molecular flexibility index (Phi) is 6.40. The highest BCUT2D eigenvalue weighted by Gasteiger charge is 2.62. The van der Waals surface area contributed by atoms with Gasteiger partial charge < -0.3 is 20.2 Å². The third kappa shape index (κ3) is 4.25. The van der Waals surface area contributed by atoms with E-state index in [0.717, 1.165) is 49.8 Å². The van der Waals surface area contributed by atoms with Gasteiger partial charge in [0.15, 0.2) is 0 Å². The number of nitrogens with zero attached hydrogens (tertiary/aromatic N) is 3. The highest BCUT2D eigenvalue weighted by atomic mass is 16.4. The summed E-state index contributed by atoms with van der Waals surface area (Å²) in [5.41, 5.74) is 0.785. The summed E-state index contributed by atoms with van der Waals surface area (Å²) in [6.07, 6.45) is 10.2. The number of nitrogens with one attached hydrogen (secondary N) is 1. The lowest BCUT2D eigenvalue weighted by Gasteiger charge is -2.31. The molecule has 2 N–H and O–H groups in total. The molecule has 4 heterocycles. The molecule has 1 saturated carbocycles. The predicted octanol–water partition coefficient (Wildman–Crippen LogP) is 2.80. The minimum absolute atomic E-state index is 0.00828. The maximum absolute atomic E-state index is 13.8. The number of fused-ring (bicyclic) bond motifs is 5. The Morgan fingerprint density at radius 1 is 1.00 bits per heavy atom. The zero-order valence-electron chi connectivity index (χ0n) is 21.7. The van der Waals surface area contributed by atoms with E-state index in [1.165, 1.54) is 0 Å². The number of carbonyl (C=O) groups excluding carboxylic acids is 3. The molecule has 0 aromatic heterocycles. The first kappa shape index (κ1) is 24.9. The van der Waals surface area contributed by atoms with E-state index in [9.17, 15) is 24.3 Å². The predicted molar refractivity (Wildman–Crippen MR) is 140 cm³/mol. The molecule has 1 unspecified atom stereocenters. The van der Waals surface area contributed by atoms with Crippen LogP contribution in [-0.4, -0.2) is 76.5 Å². The summed E-state index contributed by atoms with van der Waals surface area (Å²) < 4.78 is 0. The highest BCUT2D eigenvalue weighted by Crippen LogP contribution is 2.46. The zero-order valence-corrected chi connectivity index (χ0v) is 21.7. The first-order valence-electron chi connectivity index (χ1n) is 14.0. The molecule has 4 amide bonds. The average Bonchev–Trinajstić information content (AvgIpc) is 3.20. The molecule has 4 aliphatic heterocycles. The molecule has 5 atom stereocenters. The normalized spacial score (nSPS) is 33.8. The first-order chi connectivity index (χ1) is 18.4. The van der Waals surface area contributed by atoms with Gasteiger partial charge >= 0.3 is 12.0 Å². The number of benzene rings is 1. The number of carboxylic acid groups (broad SMARTS) is 1. The monoisotopic (exact) mass is 520 g/mol. The molecular weight excluding hydrogens is 484 g/mol. The van der Waals surface area contributed by atoms with Crippen molar-refractivity contribution in [1.29, 1.82) is 0 Å².